The summed E-state index contributed by atoms with van der Waals surface area (Å²) >= 11 is 3.00. The van der Waals surface area contributed by atoms with E-state index in [9.17, 15) is 4.79 Å². The summed E-state index contributed by atoms with van der Waals surface area (Å²) in [7, 11) is 1.39. The van der Waals surface area contributed by atoms with Gasteiger partial charge in [-0.25, -0.2) is 4.79 Å². The quantitative estimate of drug-likeness (QED) is 0.635. The third kappa shape index (κ3) is 4.07. The normalized spacial score (nSPS) is 17.0. The van der Waals surface area contributed by atoms with Gasteiger partial charge < -0.3 is 15.8 Å². The van der Waals surface area contributed by atoms with Crippen molar-refractivity contribution in [1.82, 2.24) is 0 Å². The fourth-order valence-electron chi connectivity index (χ4n) is 2.76. The summed E-state index contributed by atoms with van der Waals surface area (Å²) in [5.41, 5.74) is 6.65. The van der Waals surface area contributed by atoms with Crippen molar-refractivity contribution < 1.29 is 9.53 Å². The molecule has 1 fully saturated rings. The Labute approximate surface area is 134 Å². The first-order chi connectivity index (χ1) is 10.2. The molecular weight excluding hydrogens is 304 g/mol. The van der Waals surface area contributed by atoms with Gasteiger partial charge in [-0.3, -0.25) is 0 Å². The van der Waals surface area contributed by atoms with Gasteiger partial charge in [-0.05, 0) is 19.1 Å². The maximum absolute atomic E-state index is 11.8. The van der Waals surface area contributed by atoms with E-state index in [-0.39, 0.29) is 5.97 Å². The van der Waals surface area contributed by atoms with E-state index in [2.05, 4.69) is 5.32 Å². The minimum Gasteiger partial charge on any atom is -0.465 e. The van der Waals surface area contributed by atoms with Crippen LogP contribution < -0.4 is 11.1 Å². The van der Waals surface area contributed by atoms with E-state index < -0.39 is 0 Å². The molecule has 118 valence electrons. The zero-order valence-electron chi connectivity index (χ0n) is 12.7. The van der Waals surface area contributed by atoms with E-state index in [0.717, 1.165) is 9.90 Å². The SMILES string of the molecule is COC(=O)c1sc(NC2CCCCCCC2)c(SC)c1N. The third-order valence-corrected chi connectivity index (χ3v) is 5.99. The summed E-state index contributed by atoms with van der Waals surface area (Å²) in [6, 6.07) is 0.486. The van der Waals surface area contributed by atoms with Gasteiger partial charge in [0.1, 0.15) is 9.88 Å². The van der Waals surface area contributed by atoms with E-state index >= 15 is 0 Å². The van der Waals surface area contributed by atoms with Crippen LogP contribution in [0.1, 0.15) is 54.6 Å². The molecule has 4 nitrogen and oxygen atoms in total. The van der Waals surface area contributed by atoms with Crippen molar-refractivity contribution in [3.63, 3.8) is 0 Å². The van der Waals surface area contributed by atoms with Gasteiger partial charge in [-0.2, -0.15) is 0 Å². The van der Waals surface area contributed by atoms with Crippen LogP contribution in [0.15, 0.2) is 4.90 Å². The molecule has 1 aliphatic carbocycles. The average molecular weight is 329 g/mol. The van der Waals surface area contributed by atoms with Crippen molar-refractivity contribution in [3.8, 4) is 0 Å². The van der Waals surface area contributed by atoms with Gasteiger partial charge in [0.05, 0.1) is 17.7 Å². The topological polar surface area (TPSA) is 64.3 Å². The Morgan fingerprint density at radius 3 is 2.48 bits per heavy atom. The van der Waals surface area contributed by atoms with Crippen LogP contribution in [0.5, 0.6) is 0 Å². The van der Waals surface area contributed by atoms with Crippen molar-refractivity contribution in [2.45, 2.75) is 55.9 Å². The molecule has 6 heteroatoms. The number of rotatable bonds is 4. The van der Waals surface area contributed by atoms with Gasteiger partial charge in [-0.15, -0.1) is 23.1 Å². The molecule has 0 radical (unpaired) electrons. The molecule has 1 aromatic heterocycles. The Bertz CT molecular complexity index is 480. The number of anilines is 2. The van der Waals surface area contributed by atoms with Crippen molar-refractivity contribution in [3.05, 3.63) is 4.88 Å². The highest BCUT2D eigenvalue weighted by Gasteiger charge is 2.23. The Hall–Kier alpha value is -0.880. The highest BCUT2D eigenvalue weighted by molar-refractivity contribution is 7.99. The van der Waals surface area contributed by atoms with Crippen LogP contribution in [-0.2, 0) is 4.74 Å². The number of nitrogens with one attached hydrogen (secondary N) is 1. The standard InChI is InChI=1S/C15H24N2O2S2/c1-19-15(18)13-11(16)12(20-2)14(21-13)17-10-8-6-4-3-5-7-9-10/h10,17H,3-9,16H2,1-2H3. The number of ether oxygens (including phenoxy) is 1. The number of thiophene rings is 1. The number of thioether (sulfide) groups is 1. The second kappa shape index (κ2) is 7.94. The summed E-state index contributed by atoms with van der Waals surface area (Å²) in [5, 5.41) is 4.64. The summed E-state index contributed by atoms with van der Waals surface area (Å²) in [4.78, 5) is 13.3. The van der Waals surface area contributed by atoms with Crippen LogP contribution in [-0.4, -0.2) is 25.4 Å². The molecule has 2 rings (SSSR count). The molecule has 0 saturated heterocycles. The van der Waals surface area contributed by atoms with E-state index in [1.807, 2.05) is 6.26 Å². The van der Waals surface area contributed by atoms with Gasteiger partial charge in [0.25, 0.3) is 0 Å². The maximum Gasteiger partial charge on any atom is 0.350 e. The van der Waals surface area contributed by atoms with Crippen molar-refractivity contribution in [2.24, 2.45) is 0 Å². The number of nitrogen functional groups attached to an aromatic ring is 1. The summed E-state index contributed by atoms with van der Waals surface area (Å²) in [5.74, 6) is -0.349. The first-order valence-corrected chi connectivity index (χ1v) is 9.52. The molecule has 3 N–H and O–H groups in total. The molecule has 1 aromatic rings. The summed E-state index contributed by atoms with van der Waals surface area (Å²) in [6.07, 6.45) is 10.9. The fraction of sp³-hybridized carbons (Fsp3) is 0.667. The van der Waals surface area contributed by atoms with E-state index in [4.69, 9.17) is 10.5 Å². The van der Waals surface area contributed by atoms with Crippen molar-refractivity contribution in [2.75, 3.05) is 24.4 Å². The van der Waals surface area contributed by atoms with Crippen LogP contribution in [0.2, 0.25) is 0 Å². The minimum atomic E-state index is -0.349. The number of esters is 1. The number of nitrogens with two attached hydrogens (primary N) is 1. The summed E-state index contributed by atoms with van der Waals surface area (Å²) < 4.78 is 4.81. The number of carbonyl (C=O) groups is 1. The average Bonchev–Trinajstić information content (AvgIpc) is 2.76. The lowest BCUT2D eigenvalue weighted by Crippen LogP contribution is -2.20. The van der Waals surface area contributed by atoms with Gasteiger partial charge >= 0.3 is 5.97 Å². The molecule has 0 unspecified atom stereocenters. The highest BCUT2D eigenvalue weighted by Crippen LogP contribution is 2.42. The molecule has 0 aromatic carbocycles. The van der Waals surface area contributed by atoms with Crippen LogP contribution in [0.4, 0.5) is 10.7 Å². The number of methoxy groups -OCH3 is 1. The molecule has 1 aliphatic rings. The molecule has 0 bridgehead atoms. The lowest BCUT2D eigenvalue weighted by atomic mass is 9.97. The lowest BCUT2D eigenvalue weighted by molar-refractivity contribution is 0.0607. The number of hydrogen-bond donors (Lipinski definition) is 2. The maximum atomic E-state index is 11.8. The molecule has 0 aliphatic heterocycles. The second-order valence-corrected chi connectivity index (χ2v) is 7.22. The number of hydrogen-bond acceptors (Lipinski definition) is 6. The molecule has 1 saturated carbocycles. The van der Waals surface area contributed by atoms with Gasteiger partial charge in [0.2, 0.25) is 0 Å². The van der Waals surface area contributed by atoms with Crippen LogP contribution in [0.25, 0.3) is 0 Å². The van der Waals surface area contributed by atoms with Crippen molar-refractivity contribution >= 4 is 39.8 Å². The van der Waals surface area contributed by atoms with Gasteiger partial charge in [0, 0.05) is 6.04 Å². The molecule has 0 atom stereocenters. The summed E-state index contributed by atoms with van der Waals surface area (Å²) in [6.45, 7) is 0. The molecule has 0 spiro atoms. The Morgan fingerprint density at radius 2 is 1.90 bits per heavy atom. The Morgan fingerprint density at radius 1 is 1.29 bits per heavy atom. The first-order valence-electron chi connectivity index (χ1n) is 7.48. The smallest absolute Gasteiger partial charge is 0.350 e. The lowest BCUT2D eigenvalue weighted by Gasteiger charge is -2.21. The fourth-order valence-corrected chi connectivity index (χ4v) is 4.77. The van der Waals surface area contributed by atoms with Crippen LogP contribution >= 0.6 is 23.1 Å². The minimum absolute atomic E-state index is 0.349. The monoisotopic (exact) mass is 328 g/mol. The van der Waals surface area contributed by atoms with Gasteiger partial charge in [-0.1, -0.05) is 32.1 Å². The molecule has 0 amide bonds. The number of carbonyl (C=O) groups excluding carboxylic acids is 1. The Balaban J connectivity index is 2.16. The van der Waals surface area contributed by atoms with Gasteiger partial charge in [0.15, 0.2) is 0 Å². The van der Waals surface area contributed by atoms with E-state index in [1.165, 1.54) is 63.4 Å². The van der Waals surface area contributed by atoms with Crippen LogP contribution in [0, 0.1) is 0 Å². The third-order valence-electron chi connectivity index (χ3n) is 3.91. The van der Waals surface area contributed by atoms with Crippen LogP contribution in [0.3, 0.4) is 0 Å². The Kier molecular flexibility index (Phi) is 6.23. The predicted octanol–water partition coefficient (Wildman–Crippen LogP) is 4.36. The molecular formula is C15H24N2O2S2. The zero-order chi connectivity index (χ0) is 15.2. The molecule has 1 heterocycles. The van der Waals surface area contributed by atoms with Crippen molar-refractivity contribution in [1.29, 1.82) is 0 Å². The molecule has 21 heavy (non-hydrogen) atoms. The van der Waals surface area contributed by atoms with E-state index in [0.29, 0.717) is 16.6 Å². The highest BCUT2D eigenvalue weighted by atomic mass is 32.2. The predicted molar refractivity (Wildman–Crippen MR) is 91.6 cm³/mol. The second-order valence-electron chi connectivity index (χ2n) is 5.39. The zero-order valence-corrected chi connectivity index (χ0v) is 14.4. The largest absolute Gasteiger partial charge is 0.465 e. The van der Waals surface area contributed by atoms with E-state index in [1.54, 1.807) is 11.8 Å². The first kappa shape index (κ1) is 16.5.